The molecule has 1 nitrogen and oxygen atoms in total. The molecule has 0 aliphatic rings. The van der Waals surface area contributed by atoms with E-state index in [0.29, 0.717) is 11.1 Å². The van der Waals surface area contributed by atoms with Crippen molar-refractivity contribution in [3.8, 4) is 6.07 Å². The Morgan fingerprint density at radius 1 is 1.50 bits per heavy atom. The average molecular weight is 161 g/mol. The van der Waals surface area contributed by atoms with Gasteiger partial charge in [0, 0.05) is 5.56 Å². The van der Waals surface area contributed by atoms with Gasteiger partial charge in [-0.05, 0) is 11.6 Å². The summed E-state index contributed by atoms with van der Waals surface area (Å²) >= 11 is 0. The Bertz CT molecular complexity index is 336. The van der Waals surface area contributed by atoms with Crippen LogP contribution in [0.25, 0.3) is 5.57 Å². The highest BCUT2D eigenvalue weighted by atomic mass is 19.1. The van der Waals surface area contributed by atoms with Crippen molar-refractivity contribution in [1.29, 1.82) is 5.26 Å². The molecule has 1 aromatic carbocycles. The summed E-state index contributed by atoms with van der Waals surface area (Å²) < 4.78 is 13.0. The van der Waals surface area contributed by atoms with E-state index in [-0.39, 0.29) is 12.2 Å². The molecular formula is C10H8FN. The van der Waals surface area contributed by atoms with Crippen molar-refractivity contribution in [3.05, 3.63) is 42.2 Å². The summed E-state index contributed by atoms with van der Waals surface area (Å²) in [4.78, 5) is 0. The van der Waals surface area contributed by atoms with Gasteiger partial charge in [0.1, 0.15) is 5.82 Å². The predicted molar refractivity (Wildman–Crippen MR) is 45.7 cm³/mol. The van der Waals surface area contributed by atoms with E-state index >= 15 is 0 Å². The van der Waals surface area contributed by atoms with Crippen LogP contribution in [0.1, 0.15) is 12.0 Å². The van der Waals surface area contributed by atoms with Gasteiger partial charge in [-0.2, -0.15) is 5.26 Å². The van der Waals surface area contributed by atoms with E-state index in [1.54, 1.807) is 18.2 Å². The Balaban J connectivity index is 2.97. The maximum absolute atomic E-state index is 13.0. The largest absolute Gasteiger partial charge is 0.206 e. The van der Waals surface area contributed by atoms with Crippen molar-refractivity contribution >= 4 is 5.57 Å². The van der Waals surface area contributed by atoms with Gasteiger partial charge in [-0.25, -0.2) is 4.39 Å². The van der Waals surface area contributed by atoms with Gasteiger partial charge in [-0.1, -0.05) is 24.8 Å². The summed E-state index contributed by atoms with van der Waals surface area (Å²) in [6.07, 6.45) is 0.168. The molecule has 0 spiro atoms. The molecule has 0 aliphatic carbocycles. The van der Waals surface area contributed by atoms with E-state index < -0.39 is 0 Å². The predicted octanol–water partition coefficient (Wildman–Crippen LogP) is 2.75. The first-order valence-corrected chi connectivity index (χ1v) is 3.55. The van der Waals surface area contributed by atoms with E-state index in [9.17, 15) is 4.39 Å². The average Bonchev–Trinajstić information content (AvgIpc) is 2.05. The van der Waals surface area contributed by atoms with Gasteiger partial charge in [0.05, 0.1) is 12.5 Å². The summed E-state index contributed by atoms with van der Waals surface area (Å²) in [6, 6.07) is 8.24. The molecule has 1 aromatic rings. The Hall–Kier alpha value is -1.62. The van der Waals surface area contributed by atoms with Crippen molar-refractivity contribution in [3.63, 3.8) is 0 Å². The first-order chi connectivity index (χ1) is 5.75. The van der Waals surface area contributed by atoms with Crippen LogP contribution in [0.2, 0.25) is 0 Å². The van der Waals surface area contributed by atoms with E-state index in [4.69, 9.17) is 5.26 Å². The SMILES string of the molecule is C=C(CC#N)c1ccccc1F. The third-order valence-electron chi connectivity index (χ3n) is 1.55. The lowest BCUT2D eigenvalue weighted by molar-refractivity contribution is 0.623. The van der Waals surface area contributed by atoms with Crippen LogP contribution in [0.5, 0.6) is 0 Å². The lowest BCUT2D eigenvalue weighted by atomic mass is 10.1. The third kappa shape index (κ3) is 1.70. The smallest absolute Gasteiger partial charge is 0.130 e. The molecule has 0 atom stereocenters. The first kappa shape index (κ1) is 8.48. The molecule has 2 heteroatoms. The summed E-state index contributed by atoms with van der Waals surface area (Å²) in [7, 11) is 0. The number of hydrogen-bond donors (Lipinski definition) is 0. The van der Waals surface area contributed by atoms with Crippen molar-refractivity contribution in [2.45, 2.75) is 6.42 Å². The van der Waals surface area contributed by atoms with Gasteiger partial charge < -0.3 is 0 Å². The number of allylic oxidation sites excluding steroid dienone is 1. The second kappa shape index (κ2) is 3.68. The number of halogens is 1. The Morgan fingerprint density at radius 2 is 2.17 bits per heavy atom. The molecule has 0 aromatic heterocycles. The highest BCUT2D eigenvalue weighted by Gasteiger charge is 2.03. The summed E-state index contributed by atoms with van der Waals surface area (Å²) in [5.41, 5.74) is 0.953. The van der Waals surface area contributed by atoms with Gasteiger partial charge in [0.25, 0.3) is 0 Å². The molecule has 0 amide bonds. The highest BCUT2D eigenvalue weighted by Crippen LogP contribution is 2.18. The van der Waals surface area contributed by atoms with Gasteiger partial charge >= 0.3 is 0 Å². The van der Waals surface area contributed by atoms with Crippen molar-refractivity contribution in [2.75, 3.05) is 0 Å². The van der Waals surface area contributed by atoms with Crippen LogP contribution in [0.4, 0.5) is 4.39 Å². The Labute approximate surface area is 70.8 Å². The third-order valence-corrected chi connectivity index (χ3v) is 1.55. The summed E-state index contributed by atoms with van der Waals surface area (Å²) in [6.45, 7) is 3.61. The monoisotopic (exact) mass is 161 g/mol. The molecule has 1 rings (SSSR count). The number of nitrogens with zero attached hydrogens (tertiary/aromatic N) is 1. The molecule has 0 fully saturated rings. The molecule has 0 unspecified atom stereocenters. The van der Waals surface area contributed by atoms with Gasteiger partial charge in [-0.15, -0.1) is 0 Å². The minimum absolute atomic E-state index is 0.168. The molecule has 0 saturated heterocycles. The van der Waals surface area contributed by atoms with Crippen LogP contribution >= 0.6 is 0 Å². The van der Waals surface area contributed by atoms with Crippen molar-refractivity contribution in [1.82, 2.24) is 0 Å². The molecule has 0 aliphatic heterocycles. The maximum atomic E-state index is 13.0. The Morgan fingerprint density at radius 3 is 2.75 bits per heavy atom. The highest BCUT2D eigenvalue weighted by molar-refractivity contribution is 5.65. The lowest BCUT2D eigenvalue weighted by Crippen LogP contribution is -1.86. The zero-order valence-electron chi connectivity index (χ0n) is 6.55. The fourth-order valence-electron chi connectivity index (χ4n) is 0.939. The van der Waals surface area contributed by atoms with Crippen LogP contribution in [-0.4, -0.2) is 0 Å². The van der Waals surface area contributed by atoms with Crippen LogP contribution in [0, 0.1) is 17.1 Å². The molecule has 0 radical (unpaired) electrons. The molecular weight excluding hydrogens is 153 g/mol. The second-order valence-corrected chi connectivity index (χ2v) is 2.42. The standard InChI is InChI=1S/C10H8FN/c1-8(6-7-12)9-4-2-3-5-10(9)11/h2-5H,1,6H2. The van der Waals surface area contributed by atoms with E-state index in [0.717, 1.165) is 0 Å². The minimum atomic E-state index is -0.322. The minimum Gasteiger partial charge on any atom is -0.206 e. The topological polar surface area (TPSA) is 23.8 Å². The van der Waals surface area contributed by atoms with Crippen LogP contribution in [0.15, 0.2) is 30.8 Å². The molecule has 0 N–H and O–H groups in total. The molecule has 0 heterocycles. The first-order valence-electron chi connectivity index (χ1n) is 3.55. The van der Waals surface area contributed by atoms with Gasteiger partial charge in [0.2, 0.25) is 0 Å². The number of hydrogen-bond acceptors (Lipinski definition) is 1. The molecule has 60 valence electrons. The zero-order valence-corrected chi connectivity index (χ0v) is 6.55. The fraction of sp³-hybridized carbons (Fsp3) is 0.100. The Kier molecular flexibility index (Phi) is 2.60. The van der Waals surface area contributed by atoms with E-state index in [1.807, 2.05) is 6.07 Å². The molecule has 0 bridgehead atoms. The quantitative estimate of drug-likeness (QED) is 0.654. The van der Waals surface area contributed by atoms with Gasteiger partial charge in [0.15, 0.2) is 0 Å². The number of nitriles is 1. The van der Waals surface area contributed by atoms with E-state index in [2.05, 4.69) is 6.58 Å². The molecule has 12 heavy (non-hydrogen) atoms. The van der Waals surface area contributed by atoms with Crippen LogP contribution in [-0.2, 0) is 0 Å². The van der Waals surface area contributed by atoms with Crippen LogP contribution < -0.4 is 0 Å². The zero-order chi connectivity index (χ0) is 8.97. The normalized spacial score (nSPS) is 9.00. The summed E-state index contributed by atoms with van der Waals surface area (Å²) in [5, 5.41) is 8.36. The maximum Gasteiger partial charge on any atom is 0.130 e. The van der Waals surface area contributed by atoms with Crippen LogP contribution in [0.3, 0.4) is 0 Å². The lowest BCUT2D eigenvalue weighted by Gasteiger charge is -2.01. The number of rotatable bonds is 2. The molecule has 0 saturated carbocycles. The van der Waals surface area contributed by atoms with E-state index in [1.165, 1.54) is 6.07 Å². The van der Waals surface area contributed by atoms with Gasteiger partial charge in [-0.3, -0.25) is 0 Å². The van der Waals surface area contributed by atoms with Crippen molar-refractivity contribution < 1.29 is 4.39 Å². The second-order valence-electron chi connectivity index (χ2n) is 2.42. The summed E-state index contributed by atoms with van der Waals surface area (Å²) in [5.74, 6) is -0.322. The fourth-order valence-corrected chi connectivity index (χ4v) is 0.939. The number of benzene rings is 1. The van der Waals surface area contributed by atoms with Crippen molar-refractivity contribution in [2.24, 2.45) is 0 Å².